The Bertz CT molecular complexity index is 513. The summed E-state index contributed by atoms with van der Waals surface area (Å²) in [6.07, 6.45) is 5.70. The van der Waals surface area contributed by atoms with Crippen molar-refractivity contribution in [2.75, 3.05) is 13.1 Å². The Morgan fingerprint density at radius 3 is 3.22 bits per heavy atom. The molecular weight excluding hydrogens is 224 g/mol. The molecule has 1 aliphatic heterocycles. The number of piperidine rings is 1. The van der Waals surface area contributed by atoms with Gasteiger partial charge in [0.2, 0.25) is 0 Å². The van der Waals surface area contributed by atoms with Gasteiger partial charge in [-0.1, -0.05) is 13.0 Å². The van der Waals surface area contributed by atoms with Crippen LogP contribution in [-0.4, -0.2) is 27.7 Å². The highest BCUT2D eigenvalue weighted by Gasteiger charge is 2.21. The van der Waals surface area contributed by atoms with Gasteiger partial charge < -0.3 is 5.32 Å². The summed E-state index contributed by atoms with van der Waals surface area (Å²) < 4.78 is 2.10. The zero-order valence-electron chi connectivity index (χ0n) is 10.8. The molecule has 1 aliphatic rings. The molecule has 96 valence electrons. The average molecular weight is 244 g/mol. The molecule has 1 fully saturated rings. The van der Waals surface area contributed by atoms with E-state index in [2.05, 4.69) is 33.0 Å². The van der Waals surface area contributed by atoms with Crippen molar-refractivity contribution in [2.45, 2.75) is 26.2 Å². The van der Waals surface area contributed by atoms with Crippen molar-refractivity contribution < 1.29 is 0 Å². The van der Waals surface area contributed by atoms with Crippen LogP contribution in [0.15, 0.2) is 24.4 Å². The van der Waals surface area contributed by atoms with E-state index in [1.807, 2.05) is 18.2 Å². The normalized spacial score (nSPS) is 22.2. The van der Waals surface area contributed by atoms with E-state index in [-0.39, 0.29) is 0 Å². The van der Waals surface area contributed by atoms with Crippen LogP contribution in [0, 0.1) is 11.8 Å². The minimum atomic E-state index is 0.658. The molecule has 0 bridgehead atoms. The number of pyridine rings is 1. The molecule has 2 aromatic rings. The van der Waals surface area contributed by atoms with Crippen LogP contribution in [0.1, 0.15) is 25.6 Å². The first-order chi connectivity index (χ1) is 8.84. The molecule has 1 N–H and O–H groups in total. The number of rotatable bonds is 3. The molecule has 0 aromatic carbocycles. The van der Waals surface area contributed by atoms with Crippen LogP contribution in [-0.2, 0) is 6.42 Å². The van der Waals surface area contributed by atoms with E-state index in [1.54, 1.807) is 0 Å². The van der Waals surface area contributed by atoms with E-state index in [4.69, 9.17) is 0 Å². The zero-order chi connectivity index (χ0) is 12.4. The van der Waals surface area contributed by atoms with Crippen LogP contribution in [0.4, 0.5) is 0 Å². The molecule has 0 saturated carbocycles. The smallest absolute Gasteiger partial charge is 0.160 e. The zero-order valence-corrected chi connectivity index (χ0v) is 10.8. The highest BCUT2D eigenvalue weighted by molar-refractivity contribution is 5.37. The van der Waals surface area contributed by atoms with Gasteiger partial charge in [0.25, 0.3) is 0 Å². The molecule has 3 rings (SSSR count). The minimum Gasteiger partial charge on any atom is -0.316 e. The number of nitrogens with one attached hydrogen (secondary N) is 1. The number of aromatic nitrogens is 3. The summed E-state index contributed by atoms with van der Waals surface area (Å²) in [5.74, 6) is 2.52. The van der Waals surface area contributed by atoms with Crippen molar-refractivity contribution in [2.24, 2.45) is 11.8 Å². The van der Waals surface area contributed by atoms with Crippen molar-refractivity contribution >= 4 is 5.65 Å². The maximum atomic E-state index is 4.32. The molecule has 0 aliphatic carbocycles. The third-order valence-corrected chi connectivity index (χ3v) is 4.03. The van der Waals surface area contributed by atoms with Crippen molar-refractivity contribution in [3.8, 4) is 0 Å². The van der Waals surface area contributed by atoms with Crippen LogP contribution in [0.5, 0.6) is 0 Å². The standard InChI is InChI=1S/C14H20N4/c1-11(12-5-4-7-15-10-12)9-14-17-16-13-6-2-3-8-18(13)14/h2-3,6,8,11-12,15H,4-5,7,9-10H2,1H3. The highest BCUT2D eigenvalue weighted by Crippen LogP contribution is 2.22. The first-order valence-electron chi connectivity index (χ1n) is 6.84. The predicted octanol–water partition coefficient (Wildman–Crippen LogP) is 1.91. The second kappa shape index (κ2) is 5.06. The molecular formula is C14H20N4. The average Bonchev–Trinajstić information content (AvgIpc) is 2.83. The lowest BCUT2D eigenvalue weighted by atomic mass is 9.85. The summed E-state index contributed by atoms with van der Waals surface area (Å²) in [5.41, 5.74) is 0.946. The fraction of sp³-hybridized carbons (Fsp3) is 0.571. The van der Waals surface area contributed by atoms with Gasteiger partial charge in [-0.15, -0.1) is 10.2 Å². The molecule has 4 heteroatoms. The van der Waals surface area contributed by atoms with Gasteiger partial charge in [0.1, 0.15) is 5.82 Å². The topological polar surface area (TPSA) is 42.2 Å². The van der Waals surface area contributed by atoms with Crippen LogP contribution in [0.25, 0.3) is 5.65 Å². The number of nitrogens with zero attached hydrogens (tertiary/aromatic N) is 3. The quantitative estimate of drug-likeness (QED) is 0.896. The molecule has 18 heavy (non-hydrogen) atoms. The van der Waals surface area contributed by atoms with E-state index < -0.39 is 0 Å². The largest absolute Gasteiger partial charge is 0.316 e. The summed E-state index contributed by atoms with van der Waals surface area (Å²) in [6.45, 7) is 4.66. The lowest BCUT2D eigenvalue weighted by Gasteiger charge is -2.27. The maximum absolute atomic E-state index is 4.32. The number of fused-ring (bicyclic) bond motifs is 1. The second-order valence-corrected chi connectivity index (χ2v) is 5.33. The Morgan fingerprint density at radius 2 is 2.39 bits per heavy atom. The summed E-state index contributed by atoms with van der Waals surface area (Å²) >= 11 is 0. The van der Waals surface area contributed by atoms with Crippen molar-refractivity contribution in [1.29, 1.82) is 0 Å². The fourth-order valence-corrected chi connectivity index (χ4v) is 2.85. The fourth-order valence-electron chi connectivity index (χ4n) is 2.85. The van der Waals surface area contributed by atoms with Gasteiger partial charge in [-0.3, -0.25) is 4.40 Å². The molecule has 0 radical (unpaired) electrons. The molecule has 3 heterocycles. The molecule has 2 atom stereocenters. The van der Waals surface area contributed by atoms with E-state index in [1.165, 1.54) is 19.4 Å². The van der Waals surface area contributed by atoms with Crippen LogP contribution < -0.4 is 5.32 Å². The molecule has 4 nitrogen and oxygen atoms in total. The Labute approximate surface area is 107 Å². The lowest BCUT2D eigenvalue weighted by Crippen LogP contribution is -2.34. The Kier molecular flexibility index (Phi) is 3.28. The summed E-state index contributed by atoms with van der Waals surface area (Å²) in [6, 6.07) is 6.04. The Morgan fingerprint density at radius 1 is 1.44 bits per heavy atom. The van der Waals surface area contributed by atoms with Gasteiger partial charge in [0.05, 0.1) is 0 Å². The molecule has 0 amide bonds. The van der Waals surface area contributed by atoms with Gasteiger partial charge in [-0.2, -0.15) is 0 Å². The van der Waals surface area contributed by atoms with E-state index in [9.17, 15) is 0 Å². The van der Waals surface area contributed by atoms with E-state index in [0.717, 1.165) is 30.4 Å². The van der Waals surface area contributed by atoms with Gasteiger partial charge in [-0.25, -0.2) is 0 Å². The van der Waals surface area contributed by atoms with Crippen molar-refractivity contribution in [1.82, 2.24) is 19.9 Å². The third kappa shape index (κ3) is 2.25. The van der Waals surface area contributed by atoms with Gasteiger partial charge in [0.15, 0.2) is 5.65 Å². The maximum Gasteiger partial charge on any atom is 0.160 e. The van der Waals surface area contributed by atoms with Crippen molar-refractivity contribution in [3.05, 3.63) is 30.2 Å². The van der Waals surface area contributed by atoms with E-state index in [0.29, 0.717) is 5.92 Å². The van der Waals surface area contributed by atoms with E-state index >= 15 is 0 Å². The van der Waals surface area contributed by atoms with Crippen LogP contribution in [0.3, 0.4) is 0 Å². The highest BCUT2D eigenvalue weighted by atomic mass is 15.2. The molecule has 1 saturated heterocycles. The first kappa shape index (κ1) is 11.7. The number of hydrogen-bond donors (Lipinski definition) is 1. The van der Waals surface area contributed by atoms with Crippen LogP contribution in [0.2, 0.25) is 0 Å². The molecule has 2 unspecified atom stereocenters. The van der Waals surface area contributed by atoms with Crippen LogP contribution >= 0.6 is 0 Å². The van der Waals surface area contributed by atoms with Gasteiger partial charge in [0, 0.05) is 12.6 Å². The first-order valence-corrected chi connectivity index (χ1v) is 6.84. The van der Waals surface area contributed by atoms with Crippen molar-refractivity contribution in [3.63, 3.8) is 0 Å². The summed E-state index contributed by atoms with van der Waals surface area (Å²) in [5, 5.41) is 12.0. The second-order valence-electron chi connectivity index (χ2n) is 5.33. The SMILES string of the molecule is CC(Cc1nnc2ccccn12)C1CCCNC1. The lowest BCUT2D eigenvalue weighted by molar-refractivity contribution is 0.275. The summed E-state index contributed by atoms with van der Waals surface area (Å²) in [7, 11) is 0. The Balaban J connectivity index is 1.75. The third-order valence-electron chi connectivity index (χ3n) is 4.03. The number of hydrogen-bond acceptors (Lipinski definition) is 3. The van der Waals surface area contributed by atoms with Gasteiger partial charge >= 0.3 is 0 Å². The Hall–Kier alpha value is -1.42. The monoisotopic (exact) mass is 244 g/mol. The molecule has 2 aromatic heterocycles. The minimum absolute atomic E-state index is 0.658. The molecule has 0 spiro atoms. The predicted molar refractivity (Wildman–Crippen MR) is 71.4 cm³/mol. The van der Waals surface area contributed by atoms with Gasteiger partial charge in [-0.05, 0) is 49.9 Å². The summed E-state index contributed by atoms with van der Waals surface area (Å²) in [4.78, 5) is 0.